The summed E-state index contributed by atoms with van der Waals surface area (Å²) in [6.07, 6.45) is 1.12. The highest BCUT2D eigenvalue weighted by atomic mass is 127. The summed E-state index contributed by atoms with van der Waals surface area (Å²) in [6, 6.07) is 2.08. The van der Waals surface area contributed by atoms with Crippen molar-refractivity contribution < 1.29 is 4.74 Å². The number of H-pyrrole nitrogens is 1. The number of nitrogens with one attached hydrogen (secondary N) is 1. The van der Waals surface area contributed by atoms with Crippen molar-refractivity contribution in [2.75, 3.05) is 13.2 Å². The van der Waals surface area contributed by atoms with Gasteiger partial charge in [-0.3, -0.25) is 5.10 Å². The van der Waals surface area contributed by atoms with Crippen LogP contribution in [-0.2, 0) is 4.74 Å². The number of aromatic amines is 1. The van der Waals surface area contributed by atoms with Crippen molar-refractivity contribution in [2.45, 2.75) is 12.3 Å². The molecule has 0 radical (unpaired) electrons. The van der Waals surface area contributed by atoms with Crippen molar-refractivity contribution in [3.8, 4) is 0 Å². The normalized spacial score (nSPS) is 24.3. The lowest BCUT2D eigenvalue weighted by Crippen LogP contribution is -1.97. The van der Waals surface area contributed by atoms with Gasteiger partial charge in [0.05, 0.1) is 6.61 Å². The SMILES string of the molecule is Ic1cc([C@@H]2CCOC2)[nH]n1. The molecule has 11 heavy (non-hydrogen) atoms. The summed E-state index contributed by atoms with van der Waals surface area (Å²) in [5, 5.41) is 7.08. The van der Waals surface area contributed by atoms with Gasteiger partial charge in [0, 0.05) is 18.2 Å². The molecule has 0 spiro atoms. The van der Waals surface area contributed by atoms with Crippen LogP contribution in [-0.4, -0.2) is 23.4 Å². The number of nitrogens with zero attached hydrogens (tertiary/aromatic N) is 1. The largest absolute Gasteiger partial charge is 0.381 e. The van der Waals surface area contributed by atoms with Gasteiger partial charge >= 0.3 is 0 Å². The molecule has 2 rings (SSSR count). The van der Waals surface area contributed by atoms with Gasteiger partial charge in [-0.05, 0) is 35.1 Å². The Morgan fingerprint density at radius 3 is 3.18 bits per heavy atom. The van der Waals surface area contributed by atoms with Crippen molar-refractivity contribution >= 4 is 22.6 Å². The highest BCUT2D eigenvalue weighted by Crippen LogP contribution is 2.23. The summed E-state index contributed by atoms with van der Waals surface area (Å²) < 4.78 is 6.30. The molecule has 0 amide bonds. The molecule has 1 fully saturated rings. The predicted molar refractivity (Wildman–Crippen MR) is 49.5 cm³/mol. The van der Waals surface area contributed by atoms with Crippen molar-refractivity contribution in [2.24, 2.45) is 0 Å². The van der Waals surface area contributed by atoms with Crippen LogP contribution in [0.2, 0.25) is 0 Å². The smallest absolute Gasteiger partial charge is 0.123 e. The van der Waals surface area contributed by atoms with Crippen LogP contribution in [0.25, 0.3) is 0 Å². The average Bonchev–Trinajstić information content (AvgIpc) is 2.55. The Morgan fingerprint density at radius 1 is 1.73 bits per heavy atom. The zero-order chi connectivity index (χ0) is 7.68. The van der Waals surface area contributed by atoms with Crippen molar-refractivity contribution in [3.05, 3.63) is 15.5 Å². The molecule has 1 saturated heterocycles. The van der Waals surface area contributed by atoms with E-state index in [-0.39, 0.29) is 0 Å². The van der Waals surface area contributed by atoms with Gasteiger partial charge in [0.15, 0.2) is 0 Å². The Balaban J connectivity index is 2.15. The van der Waals surface area contributed by atoms with E-state index in [9.17, 15) is 0 Å². The third kappa shape index (κ3) is 1.56. The maximum absolute atomic E-state index is 5.27. The fourth-order valence-electron chi connectivity index (χ4n) is 1.30. The number of ether oxygens (including phenoxy) is 1. The van der Waals surface area contributed by atoms with E-state index in [0.717, 1.165) is 23.3 Å². The van der Waals surface area contributed by atoms with Crippen LogP contribution in [0.5, 0.6) is 0 Å². The van der Waals surface area contributed by atoms with Gasteiger partial charge in [-0.25, -0.2) is 0 Å². The number of hydrogen-bond acceptors (Lipinski definition) is 2. The molecule has 1 aromatic heterocycles. The molecule has 2 heterocycles. The zero-order valence-corrected chi connectivity index (χ0v) is 8.17. The molecular weight excluding hydrogens is 255 g/mol. The Bertz CT molecular complexity index is 242. The van der Waals surface area contributed by atoms with E-state index < -0.39 is 0 Å². The second-order valence-corrected chi connectivity index (χ2v) is 3.81. The van der Waals surface area contributed by atoms with Crippen LogP contribution >= 0.6 is 22.6 Å². The van der Waals surface area contributed by atoms with E-state index in [1.807, 2.05) is 0 Å². The summed E-state index contributed by atoms with van der Waals surface area (Å²) in [5.74, 6) is 0.547. The number of hydrogen-bond donors (Lipinski definition) is 1. The van der Waals surface area contributed by atoms with Crippen molar-refractivity contribution in [1.29, 1.82) is 0 Å². The van der Waals surface area contributed by atoms with Gasteiger partial charge in [0.2, 0.25) is 0 Å². The minimum Gasteiger partial charge on any atom is -0.381 e. The molecule has 0 saturated carbocycles. The van der Waals surface area contributed by atoms with Gasteiger partial charge in [-0.15, -0.1) is 0 Å². The van der Waals surface area contributed by atoms with Crippen LogP contribution in [0.1, 0.15) is 18.0 Å². The molecule has 0 aromatic carbocycles. The number of rotatable bonds is 1. The van der Waals surface area contributed by atoms with Crippen LogP contribution in [0.3, 0.4) is 0 Å². The third-order valence-corrected chi connectivity index (χ3v) is 2.49. The Labute approximate surface area is 78.7 Å². The summed E-state index contributed by atoms with van der Waals surface area (Å²) in [5.41, 5.74) is 1.21. The third-order valence-electron chi connectivity index (χ3n) is 1.94. The fraction of sp³-hybridized carbons (Fsp3) is 0.571. The van der Waals surface area contributed by atoms with E-state index in [1.54, 1.807) is 0 Å². The van der Waals surface area contributed by atoms with E-state index in [4.69, 9.17) is 4.74 Å². The molecule has 1 aromatic rings. The quantitative estimate of drug-likeness (QED) is 0.781. The molecule has 1 aliphatic rings. The Morgan fingerprint density at radius 2 is 2.64 bits per heavy atom. The van der Waals surface area contributed by atoms with E-state index in [0.29, 0.717) is 5.92 Å². The minimum absolute atomic E-state index is 0.547. The lowest BCUT2D eigenvalue weighted by atomic mass is 10.1. The number of halogens is 1. The van der Waals surface area contributed by atoms with Crippen LogP contribution in [0, 0.1) is 3.70 Å². The van der Waals surface area contributed by atoms with Crippen molar-refractivity contribution in [1.82, 2.24) is 10.2 Å². The summed E-state index contributed by atoms with van der Waals surface area (Å²) in [7, 11) is 0. The molecule has 4 heteroatoms. The summed E-state index contributed by atoms with van der Waals surface area (Å²) in [4.78, 5) is 0. The Kier molecular flexibility index (Phi) is 2.13. The summed E-state index contributed by atoms with van der Waals surface area (Å²) in [6.45, 7) is 1.73. The monoisotopic (exact) mass is 264 g/mol. The first-order valence-electron chi connectivity index (χ1n) is 3.65. The summed E-state index contributed by atoms with van der Waals surface area (Å²) >= 11 is 2.20. The topological polar surface area (TPSA) is 37.9 Å². The maximum Gasteiger partial charge on any atom is 0.123 e. The van der Waals surface area contributed by atoms with E-state index in [2.05, 4.69) is 38.9 Å². The van der Waals surface area contributed by atoms with Gasteiger partial charge < -0.3 is 4.74 Å². The van der Waals surface area contributed by atoms with Gasteiger partial charge in [0.1, 0.15) is 3.70 Å². The van der Waals surface area contributed by atoms with Crippen molar-refractivity contribution in [3.63, 3.8) is 0 Å². The molecule has 1 N–H and O–H groups in total. The zero-order valence-electron chi connectivity index (χ0n) is 6.01. The Hall–Kier alpha value is -0.100. The molecule has 1 atom stereocenters. The van der Waals surface area contributed by atoms with Crippen LogP contribution in [0.15, 0.2) is 6.07 Å². The van der Waals surface area contributed by atoms with Gasteiger partial charge in [-0.2, -0.15) is 5.10 Å². The van der Waals surface area contributed by atoms with Gasteiger partial charge in [-0.1, -0.05) is 0 Å². The van der Waals surface area contributed by atoms with E-state index >= 15 is 0 Å². The lowest BCUT2D eigenvalue weighted by molar-refractivity contribution is 0.193. The van der Waals surface area contributed by atoms with Crippen LogP contribution < -0.4 is 0 Å². The first-order valence-corrected chi connectivity index (χ1v) is 4.72. The highest BCUT2D eigenvalue weighted by molar-refractivity contribution is 14.1. The van der Waals surface area contributed by atoms with E-state index in [1.165, 1.54) is 5.69 Å². The molecular formula is C7H9IN2O. The fourth-order valence-corrected chi connectivity index (χ4v) is 1.76. The standard InChI is InChI=1S/C7H9IN2O/c8-7-3-6(9-10-7)5-1-2-11-4-5/h3,5H,1-2,4H2,(H,9,10)/t5-/m1/s1. The molecule has 60 valence electrons. The minimum atomic E-state index is 0.547. The first kappa shape index (κ1) is 7.54. The molecule has 0 bridgehead atoms. The average molecular weight is 264 g/mol. The lowest BCUT2D eigenvalue weighted by Gasteiger charge is -2.00. The second-order valence-electron chi connectivity index (χ2n) is 2.71. The van der Waals surface area contributed by atoms with Gasteiger partial charge in [0.25, 0.3) is 0 Å². The highest BCUT2D eigenvalue weighted by Gasteiger charge is 2.19. The van der Waals surface area contributed by atoms with Crippen LogP contribution in [0.4, 0.5) is 0 Å². The first-order chi connectivity index (χ1) is 5.36. The predicted octanol–water partition coefficient (Wildman–Crippen LogP) is 1.52. The molecule has 1 aliphatic heterocycles. The maximum atomic E-state index is 5.27. The second kappa shape index (κ2) is 3.10. The number of aromatic nitrogens is 2. The molecule has 0 unspecified atom stereocenters. The molecule has 3 nitrogen and oxygen atoms in total. The molecule has 0 aliphatic carbocycles.